The van der Waals surface area contributed by atoms with Crippen molar-refractivity contribution in [1.29, 1.82) is 0 Å². The fraction of sp³-hybridized carbons (Fsp3) is 0.529. The molecule has 4 rings (SSSR count). The lowest BCUT2D eigenvalue weighted by atomic mass is 10.1. The Balaban J connectivity index is 1.49. The fourth-order valence-corrected chi connectivity index (χ4v) is 3.08. The van der Waals surface area contributed by atoms with Crippen molar-refractivity contribution in [3.63, 3.8) is 0 Å². The first-order chi connectivity index (χ1) is 11.8. The Morgan fingerprint density at radius 3 is 2.79 bits per heavy atom. The molecule has 0 aromatic carbocycles. The van der Waals surface area contributed by atoms with Gasteiger partial charge in [0.15, 0.2) is 0 Å². The van der Waals surface area contributed by atoms with Gasteiger partial charge >= 0.3 is 0 Å². The van der Waals surface area contributed by atoms with Crippen LogP contribution in [0, 0.1) is 11.8 Å². The monoisotopic (exact) mass is 327 g/mol. The van der Waals surface area contributed by atoms with Gasteiger partial charge in [-0.3, -0.25) is 9.48 Å². The lowest BCUT2D eigenvalue weighted by Crippen LogP contribution is -2.35. The van der Waals surface area contributed by atoms with Gasteiger partial charge in [0, 0.05) is 31.8 Å². The number of aromatic nitrogens is 4. The van der Waals surface area contributed by atoms with Gasteiger partial charge in [0.25, 0.3) is 5.91 Å². The van der Waals surface area contributed by atoms with Gasteiger partial charge in [-0.1, -0.05) is 0 Å². The Kier molecular flexibility index (Phi) is 4.25. The highest BCUT2D eigenvalue weighted by Crippen LogP contribution is 2.29. The first-order valence-electron chi connectivity index (χ1n) is 8.44. The van der Waals surface area contributed by atoms with Gasteiger partial charge in [-0.05, 0) is 30.9 Å². The molecule has 1 amide bonds. The second-order valence-corrected chi connectivity index (χ2v) is 6.67. The Bertz CT molecular complexity index is 698. The lowest BCUT2D eigenvalue weighted by molar-refractivity contribution is 0.0568. The summed E-state index contributed by atoms with van der Waals surface area (Å²) in [5.74, 6) is 0.965. The van der Waals surface area contributed by atoms with Crippen LogP contribution >= 0.6 is 0 Å². The maximum atomic E-state index is 12.8. The number of carbonyl (C=O) groups excluding carboxylic acids is 1. The van der Waals surface area contributed by atoms with Crippen molar-refractivity contribution in [2.75, 3.05) is 19.8 Å². The van der Waals surface area contributed by atoms with Gasteiger partial charge < -0.3 is 9.64 Å². The third-order valence-electron chi connectivity index (χ3n) is 4.59. The van der Waals surface area contributed by atoms with E-state index < -0.39 is 0 Å². The molecule has 1 aliphatic heterocycles. The van der Waals surface area contributed by atoms with Crippen LogP contribution in [0.25, 0.3) is 0 Å². The molecule has 126 valence electrons. The predicted molar refractivity (Wildman–Crippen MR) is 86.0 cm³/mol. The van der Waals surface area contributed by atoms with Crippen LogP contribution in [0.3, 0.4) is 0 Å². The van der Waals surface area contributed by atoms with Gasteiger partial charge in [-0.25, -0.2) is 0 Å². The maximum Gasteiger partial charge on any atom is 0.255 e. The normalized spacial score (nSPS) is 20.5. The topological polar surface area (TPSA) is 73.1 Å². The number of hydrogen-bond donors (Lipinski definition) is 0. The first kappa shape index (κ1) is 15.3. The second kappa shape index (κ2) is 6.68. The van der Waals surface area contributed by atoms with Gasteiger partial charge in [-0.15, -0.1) is 0 Å². The van der Waals surface area contributed by atoms with Crippen molar-refractivity contribution in [3.05, 3.63) is 42.0 Å². The largest absolute Gasteiger partial charge is 0.381 e. The average Bonchev–Trinajstić information content (AvgIpc) is 3.37. The molecule has 0 radical (unpaired) electrons. The quantitative estimate of drug-likeness (QED) is 0.829. The highest BCUT2D eigenvalue weighted by molar-refractivity contribution is 5.93. The zero-order valence-corrected chi connectivity index (χ0v) is 13.5. The molecule has 0 N–H and O–H groups in total. The highest BCUT2D eigenvalue weighted by Gasteiger charge is 2.27. The zero-order chi connectivity index (χ0) is 16.4. The minimum Gasteiger partial charge on any atom is -0.381 e. The number of nitrogens with zero attached hydrogens (tertiary/aromatic N) is 5. The van der Waals surface area contributed by atoms with E-state index in [2.05, 4.69) is 15.3 Å². The van der Waals surface area contributed by atoms with E-state index in [-0.39, 0.29) is 11.8 Å². The first-order valence-corrected chi connectivity index (χ1v) is 8.44. The van der Waals surface area contributed by atoms with Crippen LogP contribution in [-0.2, 0) is 17.8 Å². The number of ether oxygens (including phenoxy) is 1. The number of hydrogen-bond acceptors (Lipinski definition) is 5. The summed E-state index contributed by atoms with van der Waals surface area (Å²) < 4.78 is 7.87. The van der Waals surface area contributed by atoms with Crippen LogP contribution < -0.4 is 0 Å². The molecular weight excluding hydrogens is 306 g/mol. The Morgan fingerprint density at radius 1 is 1.12 bits per heavy atom. The fourth-order valence-electron chi connectivity index (χ4n) is 3.08. The van der Waals surface area contributed by atoms with E-state index in [4.69, 9.17) is 4.74 Å². The van der Waals surface area contributed by atoms with Gasteiger partial charge in [0.2, 0.25) is 0 Å². The number of carbonyl (C=O) groups is 1. The molecule has 0 spiro atoms. The van der Waals surface area contributed by atoms with Crippen molar-refractivity contribution in [1.82, 2.24) is 24.9 Å². The van der Waals surface area contributed by atoms with Crippen LogP contribution in [0.5, 0.6) is 0 Å². The van der Waals surface area contributed by atoms with Gasteiger partial charge in [-0.2, -0.15) is 15.3 Å². The Morgan fingerprint density at radius 2 is 2.00 bits per heavy atom. The third kappa shape index (κ3) is 3.46. The summed E-state index contributed by atoms with van der Waals surface area (Å²) in [7, 11) is 0. The van der Waals surface area contributed by atoms with Crippen molar-refractivity contribution in [2.45, 2.75) is 25.9 Å². The van der Waals surface area contributed by atoms with Crippen LogP contribution in [0.2, 0.25) is 0 Å². The van der Waals surface area contributed by atoms with E-state index in [1.807, 2.05) is 15.6 Å². The molecule has 2 aliphatic rings. The third-order valence-corrected chi connectivity index (χ3v) is 4.59. The van der Waals surface area contributed by atoms with E-state index in [1.165, 1.54) is 19.0 Å². The minimum absolute atomic E-state index is 0.0215. The van der Waals surface area contributed by atoms with E-state index in [1.54, 1.807) is 18.5 Å². The molecule has 0 saturated heterocycles. The van der Waals surface area contributed by atoms with Crippen LogP contribution in [0.15, 0.2) is 30.7 Å². The van der Waals surface area contributed by atoms with E-state index >= 15 is 0 Å². The van der Waals surface area contributed by atoms with E-state index in [0.717, 1.165) is 24.8 Å². The minimum atomic E-state index is -0.0215. The molecule has 1 fully saturated rings. The van der Waals surface area contributed by atoms with Crippen LogP contribution in [0.1, 0.15) is 28.9 Å². The summed E-state index contributed by atoms with van der Waals surface area (Å²) in [5, 5.41) is 11.9. The second-order valence-electron chi connectivity index (χ2n) is 6.67. The molecule has 1 aliphatic carbocycles. The van der Waals surface area contributed by atoms with Gasteiger partial charge in [0.05, 0.1) is 36.8 Å². The molecule has 1 atom stereocenters. The molecule has 0 bridgehead atoms. The van der Waals surface area contributed by atoms with Crippen LogP contribution in [-0.4, -0.2) is 50.5 Å². The summed E-state index contributed by atoms with van der Waals surface area (Å²) in [5.41, 5.74) is 1.62. The summed E-state index contributed by atoms with van der Waals surface area (Å²) >= 11 is 0. The van der Waals surface area contributed by atoms with Crippen molar-refractivity contribution >= 4 is 5.91 Å². The van der Waals surface area contributed by atoms with E-state index in [9.17, 15) is 4.79 Å². The molecule has 7 heteroatoms. The van der Waals surface area contributed by atoms with E-state index in [0.29, 0.717) is 25.3 Å². The summed E-state index contributed by atoms with van der Waals surface area (Å²) in [6, 6.07) is 3.68. The Labute approximate surface area is 140 Å². The summed E-state index contributed by atoms with van der Waals surface area (Å²) in [6.07, 6.45) is 7.43. The predicted octanol–water partition coefficient (Wildman–Crippen LogP) is 1.37. The molecular formula is C17H21N5O2. The summed E-state index contributed by atoms with van der Waals surface area (Å²) in [4.78, 5) is 14.7. The average molecular weight is 327 g/mol. The van der Waals surface area contributed by atoms with Crippen LogP contribution in [0.4, 0.5) is 0 Å². The molecule has 1 unspecified atom stereocenters. The standard InChI is InChI=1S/C17H21N5O2/c23-17(15-3-5-18-19-7-15)21-8-14(12-24-11-13-1-2-13)9-22-16(10-21)4-6-20-22/h3-7,13-14H,1-2,8-12H2. The lowest BCUT2D eigenvalue weighted by Gasteiger charge is -2.24. The SMILES string of the molecule is O=C(c1ccnnc1)N1Cc2ccnn2CC(COCC2CC2)C1. The summed E-state index contributed by atoms with van der Waals surface area (Å²) in [6.45, 7) is 3.50. The van der Waals surface area contributed by atoms with Crippen molar-refractivity contribution < 1.29 is 9.53 Å². The number of rotatable bonds is 5. The smallest absolute Gasteiger partial charge is 0.255 e. The highest BCUT2D eigenvalue weighted by atomic mass is 16.5. The molecule has 2 aromatic rings. The number of amides is 1. The van der Waals surface area contributed by atoms with Crippen molar-refractivity contribution in [2.24, 2.45) is 11.8 Å². The Hall–Kier alpha value is -2.28. The molecule has 7 nitrogen and oxygen atoms in total. The molecule has 3 heterocycles. The molecule has 1 saturated carbocycles. The number of fused-ring (bicyclic) bond motifs is 1. The van der Waals surface area contributed by atoms with Gasteiger partial charge in [0.1, 0.15) is 0 Å². The maximum absolute atomic E-state index is 12.8. The van der Waals surface area contributed by atoms with Crippen molar-refractivity contribution in [3.8, 4) is 0 Å². The molecule has 2 aromatic heterocycles. The zero-order valence-electron chi connectivity index (χ0n) is 13.5. The molecule has 24 heavy (non-hydrogen) atoms.